The second-order valence-electron chi connectivity index (χ2n) is 6.68. The van der Waals surface area contributed by atoms with Crippen molar-refractivity contribution in [2.24, 2.45) is 0 Å². The summed E-state index contributed by atoms with van der Waals surface area (Å²) < 4.78 is 42.2. The van der Waals surface area contributed by atoms with E-state index in [1.54, 1.807) is 11.0 Å². The van der Waals surface area contributed by atoms with Crippen LogP contribution in [0.1, 0.15) is 33.2 Å². The standard InChI is InChI=1S/C20H18ClF3N2O2/c1-11-9-15(23)19(24)17(18(11)21)20(28)26-7-5-25(6-8-26)16-4-3-13(12(2)27)10-14(16)22/h3-4,9-10H,5-8H2,1-2H3. The van der Waals surface area contributed by atoms with E-state index in [-0.39, 0.29) is 35.0 Å². The maximum atomic E-state index is 14.3. The van der Waals surface area contributed by atoms with Gasteiger partial charge in [0, 0.05) is 31.7 Å². The van der Waals surface area contributed by atoms with Crippen LogP contribution in [0.25, 0.3) is 0 Å². The highest BCUT2D eigenvalue weighted by Gasteiger charge is 2.29. The summed E-state index contributed by atoms with van der Waals surface area (Å²) in [6.45, 7) is 3.84. The average Bonchev–Trinajstić information content (AvgIpc) is 2.66. The highest BCUT2D eigenvalue weighted by atomic mass is 35.5. The number of halogens is 4. The number of benzene rings is 2. The monoisotopic (exact) mass is 410 g/mol. The molecular weight excluding hydrogens is 393 g/mol. The van der Waals surface area contributed by atoms with E-state index >= 15 is 0 Å². The van der Waals surface area contributed by atoms with Crippen LogP contribution in [0.15, 0.2) is 24.3 Å². The summed E-state index contributed by atoms with van der Waals surface area (Å²) in [4.78, 5) is 27.1. The number of carbonyl (C=O) groups is 2. The lowest BCUT2D eigenvalue weighted by Gasteiger charge is -2.36. The van der Waals surface area contributed by atoms with Crippen LogP contribution in [0.3, 0.4) is 0 Å². The lowest BCUT2D eigenvalue weighted by molar-refractivity contribution is 0.0740. The molecule has 2 aromatic rings. The number of hydrogen-bond acceptors (Lipinski definition) is 3. The van der Waals surface area contributed by atoms with Crippen LogP contribution in [0.4, 0.5) is 18.9 Å². The van der Waals surface area contributed by atoms with Gasteiger partial charge in [-0.2, -0.15) is 0 Å². The number of anilines is 1. The molecule has 0 bridgehead atoms. The van der Waals surface area contributed by atoms with Crippen LogP contribution in [-0.4, -0.2) is 42.8 Å². The summed E-state index contributed by atoms with van der Waals surface area (Å²) in [6, 6.07) is 5.19. The third-order valence-electron chi connectivity index (χ3n) is 4.81. The van der Waals surface area contributed by atoms with Crippen LogP contribution in [0.5, 0.6) is 0 Å². The van der Waals surface area contributed by atoms with Crippen molar-refractivity contribution in [2.75, 3.05) is 31.1 Å². The fourth-order valence-electron chi connectivity index (χ4n) is 3.21. The van der Waals surface area contributed by atoms with Crippen LogP contribution in [0, 0.1) is 24.4 Å². The van der Waals surface area contributed by atoms with Crippen molar-refractivity contribution in [3.63, 3.8) is 0 Å². The first kappa shape index (κ1) is 20.2. The van der Waals surface area contributed by atoms with Crippen LogP contribution in [0.2, 0.25) is 5.02 Å². The molecule has 8 heteroatoms. The molecule has 0 radical (unpaired) electrons. The minimum absolute atomic E-state index is 0.114. The van der Waals surface area contributed by atoms with Gasteiger partial charge < -0.3 is 9.80 Å². The maximum Gasteiger partial charge on any atom is 0.258 e. The highest BCUT2D eigenvalue weighted by Crippen LogP contribution is 2.28. The van der Waals surface area contributed by atoms with Crippen molar-refractivity contribution < 1.29 is 22.8 Å². The molecule has 0 aromatic heterocycles. The zero-order valence-electron chi connectivity index (χ0n) is 15.4. The van der Waals surface area contributed by atoms with Crippen LogP contribution >= 0.6 is 11.6 Å². The van der Waals surface area contributed by atoms with Gasteiger partial charge in [-0.25, -0.2) is 13.2 Å². The number of piperazine rings is 1. The number of rotatable bonds is 3. The molecule has 3 rings (SSSR count). The Labute approximate surface area is 165 Å². The van der Waals surface area contributed by atoms with E-state index in [0.29, 0.717) is 18.8 Å². The van der Waals surface area contributed by atoms with Crippen molar-refractivity contribution in [2.45, 2.75) is 13.8 Å². The number of carbonyl (C=O) groups excluding carboxylic acids is 2. The van der Waals surface area contributed by atoms with Crippen LogP contribution < -0.4 is 4.90 Å². The summed E-state index contributed by atoms with van der Waals surface area (Å²) in [5.74, 6) is -3.85. The second kappa shape index (κ2) is 7.83. The van der Waals surface area contributed by atoms with E-state index in [4.69, 9.17) is 11.6 Å². The first-order valence-corrected chi connectivity index (χ1v) is 9.07. The van der Waals surface area contributed by atoms with Crippen molar-refractivity contribution >= 4 is 29.0 Å². The van der Waals surface area contributed by atoms with E-state index in [9.17, 15) is 22.8 Å². The van der Waals surface area contributed by atoms with Crippen LogP contribution in [-0.2, 0) is 0 Å². The number of nitrogens with zero attached hydrogens (tertiary/aromatic N) is 2. The molecule has 0 atom stereocenters. The molecule has 0 N–H and O–H groups in total. The smallest absolute Gasteiger partial charge is 0.258 e. The topological polar surface area (TPSA) is 40.6 Å². The highest BCUT2D eigenvalue weighted by molar-refractivity contribution is 6.34. The summed E-state index contributed by atoms with van der Waals surface area (Å²) >= 11 is 6.03. The predicted octanol–water partition coefficient (Wildman–Crippen LogP) is 4.23. The summed E-state index contributed by atoms with van der Waals surface area (Å²) in [5, 5.41) is -0.114. The number of aryl methyl sites for hydroxylation is 1. The molecule has 1 saturated heterocycles. The first-order chi connectivity index (χ1) is 13.2. The quantitative estimate of drug-likeness (QED) is 0.561. The Kier molecular flexibility index (Phi) is 5.65. The molecule has 148 valence electrons. The Morgan fingerprint density at radius 3 is 2.21 bits per heavy atom. The molecule has 0 aliphatic carbocycles. The normalized spacial score (nSPS) is 14.4. The minimum Gasteiger partial charge on any atom is -0.366 e. The largest absolute Gasteiger partial charge is 0.366 e. The predicted molar refractivity (Wildman–Crippen MR) is 101 cm³/mol. The molecule has 4 nitrogen and oxygen atoms in total. The molecule has 1 fully saturated rings. The number of amides is 1. The molecule has 0 unspecified atom stereocenters. The Morgan fingerprint density at radius 2 is 1.64 bits per heavy atom. The van der Waals surface area contributed by atoms with E-state index in [1.807, 2.05) is 0 Å². The molecule has 2 aromatic carbocycles. The van der Waals surface area contributed by atoms with Gasteiger partial charge in [-0.15, -0.1) is 0 Å². The molecule has 0 spiro atoms. The number of Topliss-reactive ketones (excluding diaryl/α,β-unsaturated/α-hetero) is 1. The van der Waals surface area contributed by atoms with Gasteiger partial charge in [-0.3, -0.25) is 9.59 Å². The van der Waals surface area contributed by atoms with Gasteiger partial charge in [0.05, 0.1) is 16.3 Å². The maximum absolute atomic E-state index is 14.3. The van der Waals surface area contributed by atoms with Gasteiger partial charge in [-0.05, 0) is 43.7 Å². The van der Waals surface area contributed by atoms with E-state index in [1.165, 1.54) is 30.9 Å². The Balaban J connectivity index is 1.76. The lowest BCUT2D eigenvalue weighted by Crippen LogP contribution is -2.49. The molecule has 1 heterocycles. The van der Waals surface area contributed by atoms with Crippen molar-refractivity contribution in [3.05, 3.63) is 63.4 Å². The minimum atomic E-state index is -1.27. The van der Waals surface area contributed by atoms with Gasteiger partial charge in [-0.1, -0.05) is 11.6 Å². The fourth-order valence-corrected chi connectivity index (χ4v) is 3.43. The molecule has 28 heavy (non-hydrogen) atoms. The Hall–Kier alpha value is -2.54. The second-order valence-corrected chi connectivity index (χ2v) is 7.06. The molecular formula is C20H18ClF3N2O2. The molecule has 1 amide bonds. The van der Waals surface area contributed by atoms with E-state index < -0.39 is 28.9 Å². The lowest BCUT2D eigenvalue weighted by atomic mass is 10.1. The molecule has 1 aliphatic rings. The Bertz CT molecular complexity index is 931. The van der Waals surface area contributed by atoms with E-state index in [0.717, 1.165) is 6.07 Å². The number of hydrogen-bond donors (Lipinski definition) is 0. The third-order valence-corrected chi connectivity index (χ3v) is 5.30. The van der Waals surface area contributed by atoms with Gasteiger partial charge in [0.25, 0.3) is 5.91 Å². The zero-order chi connectivity index (χ0) is 20.6. The summed E-state index contributed by atoms with van der Waals surface area (Å²) in [6.07, 6.45) is 0. The van der Waals surface area contributed by atoms with Crippen molar-refractivity contribution in [1.82, 2.24) is 4.90 Å². The number of ketones is 1. The van der Waals surface area contributed by atoms with E-state index in [2.05, 4.69) is 0 Å². The van der Waals surface area contributed by atoms with Crippen molar-refractivity contribution in [1.29, 1.82) is 0 Å². The zero-order valence-corrected chi connectivity index (χ0v) is 16.1. The van der Waals surface area contributed by atoms with Gasteiger partial charge >= 0.3 is 0 Å². The third kappa shape index (κ3) is 3.71. The summed E-state index contributed by atoms with van der Waals surface area (Å²) in [7, 11) is 0. The van der Waals surface area contributed by atoms with Crippen molar-refractivity contribution in [3.8, 4) is 0 Å². The van der Waals surface area contributed by atoms with Gasteiger partial charge in [0.15, 0.2) is 17.4 Å². The average molecular weight is 411 g/mol. The van der Waals surface area contributed by atoms with Gasteiger partial charge in [0.2, 0.25) is 0 Å². The Morgan fingerprint density at radius 1 is 1.00 bits per heavy atom. The molecule has 0 saturated carbocycles. The SMILES string of the molecule is CC(=O)c1ccc(N2CCN(C(=O)c3c(F)c(F)cc(C)c3Cl)CC2)c(F)c1. The first-order valence-electron chi connectivity index (χ1n) is 8.69. The fraction of sp³-hybridized carbons (Fsp3) is 0.300. The molecule has 1 aliphatic heterocycles. The van der Waals surface area contributed by atoms with Gasteiger partial charge in [0.1, 0.15) is 5.82 Å². The summed E-state index contributed by atoms with van der Waals surface area (Å²) in [5.41, 5.74) is 0.393.